The number of hydrogen-bond donors (Lipinski definition) is 1. The third-order valence-corrected chi connectivity index (χ3v) is 4.00. The number of carbonyl (C=O) groups excluding carboxylic acids is 1. The first-order valence-corrected chi connectivity index (χ1v) is 7.14. The van der Waals surface area contributed by atoms with Gasteiger partial charge in [0.15, 0.2) is 0 Å². The van der Waals surface area contributed by atoms with E-state index >= 15 is 0 Å². The van der Waals surface area contributed by atoms with Gasteiger partial charge in [-0.05, 0) is 11.6 Å². The zero-order chi connectivity index (χ0) is 13.9. The van der Waals surface area contributed by atoms with Crippen molar-refractivity contribution in [1.29, 1.82) is 0 Å². The molecule has 1 atom stereocenters. The molecule has 2 heterocycles. The predicted octanol–water partition coefficient (Wildman–Crippen LogP) is 1.30. The van der Waals surface area contributed by atoms with Gasteiger partial charge in [0.25, 0.3) is 0 Å². The molecule has 1 saturated heterocycles. The molecule has 1 fully saturated rings. The van der Waals surface area contributed by atoms with E-state index in [1.807, 2.05) is 17.0 Å². The van der Waals surface area contributed by atoms with E-state index in [2.05, 4.69) is 29.4 Å². The maximum atomic E-state index is 12.6. The summed E-state index contributed by atoms with van der Waals surface area (Å²) in [6, 6.07) is 8.10. The minimum absolute atomic E-state index is 0. The summed E-state index contributed by atoms with van der Waals surface area (Å²) in [7, 11) is 2.08. The van der Waals surface area contributed by atoms with E-state index in [4.69, 9.17) is 4.74 Å². The highest BCUT2D eigenvalue weighted by atomic mass is 35.5. The van der Waals surface area contributed by atoms with Crippen molar-refractivity contribution in [2.45, 2.75) is 12.6 Å². The number of carbonyl (C=O) groups is 1. The van der Waals surface area contributed by atoms with Gasteiger partial charge in [-0.15, -0.1) is 24.8 Å². The quantitative estimate of drug-likeness (QED) is 0.831. The molecule has 5 nitrogen and oxygen atoms in total. The molecule has 0 aromatic heterocycles. The summed E-state index contributed by atoms with van der Waals surface area (Å²) in [6.07, 6.45) is 0. The molecule has 0 spiro atoms. The van der Waals surface area contributed by atoms with Crippen LogP contribution in [0.5, 0.6) is 0 Å². The Morgan fingerprint density at radius 3 is 2.77 bits per heavy atom. The summed E-state index contributed by atoms with van der Waals surface area (Å²) < 4.78 is 5.40. The van der Waals surface area contributed by atoms with Crippen molar-refractivity contribution in [2.75, 3.05) is 44.8 Å². The van der Waals surface area contributed by atoms with Crippen molar-refractivity contribution in [1.82, 2.24) is 10.2 Å². The third kappa shape index (κ3) is 4.04. The number of halogens is 2. The number of amides is 1. The van der Waals surface area contributed by atoms with Gasteiger partial charge in [0.2, 0.25) is 5.91 Å². The first kappa shape index (κ1) is 19.0. The molecular weight excluding hydrogens is 325 g/mol. The van der Waals surface area contributed by atoms with Crippen LogP contribution in [-0.4, -0.2) is 56.7 Å². The maximum absolute atomic E-state index is 12.6. The number of para-hydroxylation sites is 1. The number of morpholine rings is 1. The summed E-state index contributed by atoms with van der Waals surface area (Å²) >= 11 is 0. The van der Waals surface area contributed by atoms with Gasteiger partial charge in [0, 0.05) is 38.9 Å². The third-order valence-electron chi connectivity index (χ3n) is 4.00. The highest BCUT2D eigenvalue weighted by Gasteiger charge is 2.28. The van der Waals surface area contributed by atoms with Gasteiger partial charge in [-0.25, -0.2) is 0 Å². The smallest absolute Gasteiger partial charge is 0.242 e. The number of nitrogens with zero attached hydrogens (tertiary/aromatic N) is 2. The van der Waals surface area contributed by atoms with E-state index < -0.39 is 0 Å². The summed E-state index contributed by atoms with van der Waals surface area (Å²) in [5, 5.41) is 3.24. The molecule has 0 bridgehead atoms. The lowest BCUT2D eigenvalue weighted by Crippen LogP contribution is -2.52. The van der Waals surface area contributed by atoms with E-state index in [9.17, 15) is 4.79 Å². The molecule has 1 unspecified atom stereocenters. The summed E-state index contributed by atoms with van der Waals surface area (Å²) in [5.74, 6) is 0.148. The molecule has 0 aliphatic carbocycles. The highest BCUT2D eigenvalue weighted by molar-refractivity contribution is 5.85. The number of anilines is 1. The average molecular weight is 348 g/mol. The van der Waals surface area contributed by atoms with E-state index in [1.54, 1.807) is 0 Å². The summed E-state index contributed by atoms with van der Waals surface area (Å²) in [4.78, 5) is 16.7. The second-order valence-electron chi connectivity index (χ2n) is 5.39. The van der Waals surface area contributed by atoms with Crippen molar-refractivity contribution in [3.8, 4) is 0 Å². The predicted molar refractivity (Wildman–Crippen MR) is 92.2 cm³/mol. The number of benzene rings is 1. The number of rotatable bonds is 1. The molecule has 2 aliphatic heterocycles. The molecule has 3 rings (SSSR count). The standard InChI is InChI=1S/C15H21N3O2.2ClH/c1-17-7-8-18(10-12-4-2-3-5-14(12)17)15(19)13-11-20-9-6-16-13;;/h2-5,13,16H,6-11H2,1H3;2*1H. The van der Waals surface area contributed by atoms with Crippen LogP contribution < -0.4 is 10.2 Å². The Balaban J connectivity index is 0.00000121. The van der Waals surface area contributed by atoms with Crippen LogP contribution in [0.1, 0.15) is 5.56 Å². The van der Waals surface area contributed by atoms with Gasteiger partial charge in [0.1, 0.15) is 6.04 Å². The lowest BCUT2D eigenvalue weighted by molar-refractivity contribution is -0.136. The van der Waals surface area contributed by atoms with Crippen molar-refractivity contribution in [3.63, 3.8) is 0 Å². The van der Waals surface area contributed by atoms with Crippen LogP contribution >= 0.6 is 24.8 Å². The number of likely N-dealkylation sites (N-methyl/N-ethyl adjacent to an activating group) is 1. The minimum atomic E-state index is -0.195. The van der Waals surface area contributed by atoms with Crippen LogP contribution in [0.2, 0.25) is 0 Å². The van der Waals surface area contributed by atoms with Gasteiger partial charge in [-0.2, -0.15) is 0 Å². The van der Waals surface area contributed by atoms with Crippen LogP contribution in [-0.2, 0) is 16.1 Å². The van der Waals surface area contributed by atoms with E-state index in [0.717, 1.165) is 19.6 Å². The van der Waals surface area contributed by atoms with Crippen LogP contribution in [0.4, 0.5) is 5.69 Å². The Labute approximate surface area is 143 Å². The SMILES string of the molecule is CN1CCN(C(=O)C2COCCN2)Cc2ccccc21.Cl.Cl. The molecule has 1 aromatic carbocycles. The second-order valence-corrected chi connectivity index (χ2v) is 5.39. The highest BCUT2D eigenvalue weighted by Crippen LogP contribution is 2.23. The molecule has 22 heavy (non-hydrogen) atoms. The van der Waals surface area contributed by atoms with Crippen molar-refractivity contribution in [3.05, 3.63) is 29.8 Å². The first-order valence-electron chi connectivity index (χ1n) is 7.14. The lowest BCUT2D eigenvalue weighted by Gasteiger charge is -2.29. The zero-order valence-corrected chi connectivity index (χ0v) is 14.3. The Kier molecular flexibility index (Phi) is 7.42. The molecule has 1 N–H and O–H groups in total. The molecule has 7 heteroatoms. The van der Waals surface area contributed by atoms with Crippen molar-refractivity contribution >= 4 is 36.4 Å². The summed E-state index contributed by atoms with van der Waals surface area (Å²) in [5.41, 5.74) is 2.42. The number of nitrogens with one attached hydrogen (secondary N) is 1. The molecule has 0 saturated carbocycles. The Hall–Kier alpha value is -1.01. The van der Waals surface area contributed by atoms with E-state index in [1.165, 1.54) is 11.3 Å². The topological polar surface area (TPSA) is 44.8 Å². The number of fused-ring (bicyclic) bond motifs is 1. The molecule has 0 radical (unpaired) electrons. The Bertz CT molecular complexity index is 495. The van der Waals surface area contributed by atoms with Crippen molar-refractivity contribution in [2.24, 2.45) is 0 Å². The largest absolute Gasteiger partial charge is 0.378 e. The van der Waals surface area contributed by atoms with Crippen LogP contribution in [0.3, 0.4) is 0 Å². The average Bonchev–Trinajstić information content (AvgIpc) is 2.67. The number of hydrogen-bond acceptors (Lipinski definition) is 4. The minimum Gasteiger partial charge on any atom is -0.378 e. The van der Waals surface area contributed by atoms with Crippen molar-refractivity contribution < 1.29 is 9.53 Å². The Morgan fingerprint density at radius 2 is 2.05 bits per heavy atom. The number of ether oxygens (including phenoxy) is 1. The Morgan fingerprint density at radius 1 is 1.27 bits per heavy atom. The van der Waals surface area contributed by atoms with Crippen LogP contribution in [0.25, 0.3) is 0 Å². The molecule has 2 aliphatic rings. The zero-order valence-electron chi connectivity index (χ0n) is 12.7. The lowest BCUT2D eigenvalue weighted by atomic mass is 10.1. The molecule has 124 valence electrons. The molecule has 1 aromatic rings. The van der Waals surface area contributed by atoms with Crippen LogP contribution in [0, 0.1) is 0 Å². The van der Waals surface area contributed by atoms with Gasteiger partial charge in [-0.1, -0.05) is 18.2 Å². The van der Waals surface area contributed by atoms with E-state index in [0.29, 0.717) is 19.8 Å². The van der Waals surface area contributed by atoms with Gasteiger partial charge >= 0.3 is 0 Å². The summed E-state index contributed by atoms with van der Waals surface area (Å²) in [6.45, 7) is 4.21. The fourth-order valence-electron chi connectivity index (χ4n) is 2.83. The monoisotopic (exact) mass is 347 g/mol. The van der Waals surface area contributed by atoms with Gasteiger partial charge in [-0.3, -0.25) is 4.79 Å². The van der Waals surface area contributed by atoms with Crippen LogP contribution in [0.15, 0.2) is 24.3 Å². The van der Waals surface area contributed by atoms with Gasteiger partial charge < -0.3 is 19.9 Å². The first-order chi connectivity index (χ1) is 9.75. The van der Waals surface area contributed by atoms with Gasteiger partial charge in [0.05, 0.1) is 13.2 Å². The second kappa shape index (κ2) is 8.58. The fourth-order valence-corrected chi connectivity index (χ4v) is 2.83. The fraction of sp³-hybridized carbons (Fsp3) is 0.533. The molecular formula is C15H23Cl2N3O2. The van der Waals surface area contributed by atoms with E-state index in [-0.39, 0.29) is 36.8 Å². The molecule has 1 amide bonds. The maximum Gasteiger partial charge on any atom is 0.242 e. The normalized spacial score (nSPS) is 21.0.